The highest BCUT2D eigenvalue weighted by molar-refractivity contribution is 5.86. The average molecular weight is 306 g/mol. The summed E-state index contributed by atoms with van der Waals surface area (Å²) < 4.78 is 20.7. The van der Waals surface area contributed by atoms with Crippen molar-refractivity contribution in [1.29, 1.82) is 0 Å². The number of carbonyl (C=O) groups is 2. The minimum Gasteiger partial charge on any atom is -0.460 e. The van der Waals surface area contributed by atoms with Crippen LogP contribution in [0, 0.1) is 0 Å². The second-order valence-corrected chi connectivity index (χ2v) is 4.57. The van der Waals surface area contributed by atoms with Crippen LogP contribution in [0.2, 0.25) is 0 Å². The number of ether oxygens (including phenoxy) is 2. The van der Waals surface area contributed by atoms with Crippen LogP contribution in [0.3, 0.4) is 0 Å². The second kappa shape index (κ2) is 6.98. The maximum absolute atomic E-state index is 11.6. The fourth-order valence-corrected chi connectivity index (χ4v) is 1.94. The highest BCUT2D eigenvalue weighted by Crippen LogP contribution is 2.27. The van der Waals surface area contributed by atoms with Crippen LogP contribution in [0.4, 0.5) is 0 Å². The molecule has 2 rings (SSSR count). The normalized spacial score (nSPS) is 10.7. The van der Waals surface area contributed by atoms with E-state index in [1.807, 2.05) is 6.92 Å². The quantitative estimate of drug-likeness (QED) is 0.761. The molecule has 2 aromatic rings. The van der Waals surface area contributed by atoms with Gasteiger partial charge in [-0.2, -0.15) is 0 Å². The first-order valence-electron chi connectivity index (χ1n) is 7.10. The minimum atomic E-state index is -0.507. The Hall–Kier alpha value is -2.50. The fraction of sp³-hybridized carbons (Fsp3) is 0.375. The van der Waals surface area contributed by atoms with Gasteiger partial charge in [0, 0.05) is 0 Å². The average Bonchev–Trinajstić information content (AvgIpc) is 3.17. The van der Waals surface area contributed by atoms with Crippen LogP contribution >= 0.6 is 0 Å². The summed E-state index contributed by atoms with van der Waals surface area (Å²) in [6.07, 6.45) is 0. The van der Waals surface area contributed by atoms with Crippen LogP contribution in [0.5, 0.6) is 0 Å². The molecular formula is C16H18O6. The maximum Gasteiger partial charge on any atom is 0.374 e. The predicted octanol–water partition coefficient (Wildman–Crippen LogP) is 3.38. The zero-order valence-corrected chi connectivity index (χ0v) is 12.8. The molecule has 0 radical (unpaired) electrons. The summed E-state index contributed by atoms with van der Waals surface area (Å²) in [6, 6.07) is 6.48. The lowest BCUT2D eigenvalue weighted by Gasteiger charge is -2.05. The molecule has 0 N–H and O–H groups in total. The summed E-state index contributed by atoms with van der Waals surface area (Å²) >= 11 is 0. The van der Waals surface area contributed by atoms with Gasteiger partial charge in [-0.15, -0.1) is 0 Å². The first-order valence-corrected chi connectivity index (χ1v) is 7.10. The minimum absolute atomic E-state index is 0.140. The molecule has 6 nitrogen and oxygen atoms in total. The van der Waals surface area contributed by atoms with Gasteiger partial charge in [0.05, 0.1) is 19.1 Å². The standard InChI is InChI=1S/C16H18O6/c1-4-19-15(17)13-8-6-11(21-13)10(3)12-7-9-14(22-12)16(18)20-5-2/h6-10H,4-5H2,1-3H3. The maximum atomic E-state index is 11.6. The smallest absolute Gasteiger partial charge is 0.374 e. The van der Waals surface area contributed by atoms with Crippen molar-refractivity contribution in [1.82, 2.24) is 0 Å². The van der Waals surface area contributed by atoms with E-state index in [0.29, 0.717) is 11.5 Å². The van der Waals surface area contributed by atoms with Crippen molar-refractivity contribution < 1.29 is 27.9 Å². The van der Waals surface area contributed by atoms with Crippen molar-refractivity contribution in [2.45, 2.75) is 26.7 Å². The summed E-state index contributed by atoms with van der Waals surface area (Å²) in [4.78, 5) is 23.2. The number of hydrogen-bond acceptors (Lipinski definition) is 6. The van der Waals surface area contributed by atoms with Gasteiger partial charge in [0.25, 0.3) is 0 Å². The van der Waals surface area contributed by atoms with Gasteiger partial charge >= 0.3 is 11.9 Å². The van der Waals surface area contributed by atoms with E-state index in [2.05, 4.69) is 0 Å². The second-order valence-electron chi connectivity index (χ2n) is 4.57. The van der Waals surface area contributed by atoms with Crippen LogP contribution in [-0.2, 0) is 9.47 Å². The van der Waals surface area contributed by atoms with E-state index in [1.54, 1.807) is 38.1 Å². The van der Waals surface area contributed by atoms with Gasteiger partial charge < -0.3 is 18.3 Å². The first kappa shape index (κ1) is 15.9. The summed E-state index contributed by atoms with van der Waals surface area (Å²) in [7, 11) is 0. The van der Waals surface area contributed by atoms with E-state index in [0.717, 1.165) is 0 Å². The molecule has 0 atom stereocenters. The summed E-state index contributed by atoms with van der Waals surface area (Å²) in [6.45, 7) is 5.87. The van der Waals surface area contributed by atoms with Crippen molar-refractivity contribution in [3.63, 3.8) is 0 Å². The van der Waals surface area contributed by atoms with Crippen LogP contribution in [0.25, 0.3) is 0 Å². The molecule has 22 heavy (non-hydrogen) atoms. The Morgan fingerprint density at radius 3 is 1.68 bits per heavy atom. The predicted molar refractivity (Wildman–Crippen MR) is 76.8 cm³/mol. The third-order valence-electron chi connectivity index (χ3n) is 3.06. The Kier molecular flexibility index (Phi) is 5.04. The first-order chi connectivity index (χ1) is 10.6. The zero-order chi connectivity index (χ0) is 16.1. The Labute approximate surface area is 128 Å². The number of furan rings is 2. The van der Waals surface area contributed by atoms with Crippen molar-refractivity contribution in [2.24, 2.45) is 0 Å². The van der Waals surface area contributed by atoms with E-state index in [-0.39, 0.29) is 30.7 Å². The van der Waals surface area contributed by atoms with Gasteiger partial charge in [-0.05, 0) is 45.0 Å². The van der Waals surface area contributed by atoms with Crippen LogP contribution < -0.4 is 0 Å². The Morgan fingerprint density at radius 2 is 1.32 bits per heavy atom. The Balaban J connectivity index is 2.13. The lowest BCUT2D eigenvalue weighted by Crippen LogP contribution is -2.03. The summed E-state index contributed by atoms with van der Waals surface area (Å²) in [5.74, 6) is 0.119. The fourth-order valence-electron chi connectivity index (χ4n) is 1.94. The molecule has 0 aliphatic carbocycles. The number of esters is 2. The van der Waals surface area contributed by atoms with Crippen LogP contribution in [-0.4, -0.2) is 25.2 Å². The van der Waals surface area contributed by atoms with Gasteiger partial charge in [0.15, 0.2) is 0 Å². The number of rotatable bonds is 6. The zero-order valence-electron chi connectivity index (χ0n) is 12.8. The third kappa shape index (κ3) is 3.39. The van der Waals surface area contributed by atoms with E-state index in [9.17, 15) is 9.59 Å². The molecule has 0 fully saturated rings. The molecule has 0 saturated carbocycles. The molecule has 0 aliphatic rings. The van der Waals surface area contributed by atoms with E-state index in [4.69, 9.17) is 18.3 Å². The van der Waals surface area contributed by atoms with Crippen molar-refractivity contribution in [3.05, 3.63) is 47.3 Å². The number of carbonyl (C=O) groups excluding carboxylic acids is 2. The molecule has 0 aromatic carbocycles. The molecule has 0 spiro atoms. The van der Waals surface area contributed by atoms with Crippen LogP contribution in [0.1, 0.15) is 59.3 Å². The van der Waals surface area contributed by atoms with Gasteiger partial charge in [0.1, 0.15) is 11.5 Å². The van der Waals surface area contributed by atoms with E-state index in [1.165, 1.54) is 0 Å². The van der Waals surface area contributed by atoms with E-state index >= 15 is 0 Å². The summed E-state index contributed by atoms with van der Waals surface area (Å²) in [5, 5.41) is 0. The summed E-state index contributed by atoms with van der Waals surface area (Å²) in [5.41, 5.74) is 0. The molecule has 0 unspecified atom stereocenters. The highest BCUT2D eigenvalue weighted by Gasteiger charge is 2.21. The van der Waals surface area contributed by atoms with Crippen LogP contribution in [0.15, 0.2) is 33.1 Å². The molecule has 6 heteroatoms. The Morgan fingerprint density at radius 1 is 0.909 bits per heavy atom. The topological polar surface area (TPSA) is 78.9 Å². The lowest BCUT2D eigenvalue weighted by molar-refractivity contribution is 0.0482. The Bertz CT molecular complexity index is 595. The molecule has 118 valence electrons. The van der Waals surface area contributed by atoms with Gasteiger partial charge in [0.2, 0.25) is 11.5 Å². The monoisotopic (exact) mass is 306 g/mol. The third-order valence-corrected chi connectivity index (χ3v) is 3.06. The molecule has 2 aromatic heterocycles. The molecular weight excluding hydrogens is 288 g/mol. The molecule has 0 aliphatic heterocycles. The number of hydrogen-bond donors (Lipinski definition) is 0. The van der Waals surface area contributed by atoms with Crippen molar-refractivity contribution >= 4 is 11.9 Å². The lowest BCUT2D eigenvalue weighted by atomic mass is 10.1. The van der Waals surface area contributed by atoms with Gasteiger partial charge in [-0.25, -0.2) is 9.59 Å². The largest absolute Gasteiger partial charge is 0.460 e. The molecule has 0 bridgehead atoms. The molecule has 2 heterocycles. The molecule has 0 saturated heterocycles. The molecule has 0 amide bonds. The SMILES string of the molecule is CCOC(=O)c1ccc(C(C)c2ccc(C(=O)OCC)o2)o1. The van der Waals surface area contributed by atoms with Gasteiger partial charge in [-0.3, -0.25) is 0 Å². The highest BCUT2D eigenvalue weighted by atomic mass is 16.5. The van der Waals surface area contributed by atoms with Crippen molar-refractivity contribution in [3.8, 4) is 0 Å². The van der Waals surface area contributed by atoms with Crippen molar-refractivity contribution in [2.75, 3.05) is 13.2 Å². The van der Waals surface area contributed by atoms with Gasteiger partial charge in [-0.1, -0.05) is 0 Å². The van der Waals surface area contributed by atoms with E-state index < -0.39 is 11.9 Å².